The van der Waals surface area contributed by atoms with Crippen LogP contribution in [0.4, 0.5) is 15.8 Å². The molecular weight excluding hydrogens is 281 g/mol. The van der Waals surface area contributed by atoms with Crippen molar-refractivity contribution in [1.29, 1.82) is 5.26 Å². The Labute approximate surface area is 115 Å². The van der Waals surface area contributed by atoms with Gasteiger partial charge in [-0.05, 0) is 30.3 Å². The molecule has 20 heavy (non-hydrogen) atoms. The molecule has 102 valence electrons. The van der Waals surface area contributed by atoms with Crippen LogP contribution in [0.5, 0.6) is 0 Å². The average Bonchev–Trinajstić information content (AvgIpc) is 2.41. The fourth-order valence-electron chi connectivity index (χ4n) is 1.61. The van der Waals surface area contributed by atoms with E-state index in [1.165, 1.54) is 36.4 Å². The normalized spacial score (nSPS) is 10.8. The SMILES string of the molecule is N#Cc1cccc(NS(=O)(=O)c2cccc(F)c2N)c1. The first kappa shape index (κ1) is 13.8. The van der Waals surface area contributed by atoms with E-state index in [1.54, 1.807) is 0 Å². The molecule has 2 rings (SSSR count). The zero-order valence-corrected chi connectivity index (χ0v) is 11.0. The maximum Gasteiger partial charge on any atom is 0.264 e. The van der Waals surface area contributed by atoms with Gasteiger partial charge in [-0.3, -0.25) is 4.72 Å². The molecule has 0 atom stereocenters. The van der Waals surface area contributed by atoms with Crippen molar-refractivity contribution in [1.82, 2.24) is 0 Å². The van der Waals surface area contributed by atoms with E-state index in [2.05, 4.69) is 4.72 Å². The average molecular weight is 291 g/mol. The van der Waals surface area contributed by atoms with Crippen molar-refractivity contribution >= 4 is 21.4 Å². The third-order valence-electron chi connectivity index (χ3n) is 2.55. The summed E-state index contributed by atoms with van der Waals surface area (Å²) in [4.78, 5) is -0.347. The van der Waals surface area contributed by atoms with Crippen molar-refractivity contribution in [3.63, 3.8) is 0 Å². The Morgan fingerprint density at radius 2 is 1.90 bits per heavy atom. The van der Waals surface area contributed by atoms with E-state index in [1.807, 2.05) is 6.07 Å². The topological polar surface area (TPSA) is 96.0 Å². The van der Waals surface area contributed by atoms with Crippen molar-refractivity contribution in [3.05, 3.63) is 53.8 Å². The van der Waals surface area contributed by atoms with Crippen molar-refractivity contribution in [2.24, 2.45) is 0 Å². The van der Waals surface area contributed by atoms with E-state index in [-0.39, 0.29) is 10.6 Å². The van der Waals surface area contributed by atoms with Crippen LogP contribution in [0.3, 0.4) is 0 Å². The highest BCUT2D eigenvalue weighted by Crippen LogP contribution is 2.23. The minimum atomic E-state index is -4.02. The van der Waals surface area contributed by atoms with Gasteiger partial charge in [0.05, 0.1) is 23.0 Å². The molecule has 3 N–H and O–H groups in total. The minimum Gasteiger partial charge on any atom is -0.395 e. The number of halogens is 1. The van der Waals surface area contributed by atoms with Gasteiger partial charge in [-0.1, -0.05) is 12.1 Å². The van der Waals surface area contributed by atoms with Crippen LogP contribution in [0, 0.1) is 17.1 Å². The van der Waals surface area contributed by atoms with E-state index >= 15 is 0 Å². The maximum absolute atomic E-state index is 13.3. The first-order valence-electron chi connectivity index (χ1n) is 5.51. The van der Waals surface area contributed by atoms with Crippen molar-refractivity contribution < 1.29 is 12.8 Å². The summed E-state index contributed by atoms with van der Waals surface area (Å²) in [6, 6.07) is 11.3. The molecule has 0 radical (unpaired) electrons. The second kappa shape index (κ2) is 5.19. The molecule has 0 aromatic heterocycles. The molecule has 2 aromatic rings. The summed E-state index contributed by atoms with van der Waals surface area (Å²) < 4.78 is 39.8. The van der Waals surface area contributed by atoms with E-state index in [0.29, 0.717) is 5.56 Å². The maximum atomic E-state index is 13.3. The van der Waals surface area contributed by atoms with E-state index in [9.17, 15) is 12.8 Å². The Kier molecular flexibility index (Phi) is 3.59. The lowest BCUT2D eigenvalue weighted by Gasteiger charge is -2.10. The van der Waals surface area contributed by atoms with Crippen LogP contribution in [0.25, 0.3) is 0 Å². The Hall–Kier alpha value is -2.59. The van der Waals surface area contributed by atoms with E-state index in [4.69, 9.17) is 11.0 Å². The molecule has 7 heteroatoms. The summed E-state index contributed by atoms with van der Waals surface area (Å²) in [5, 5.41) is 8.76. The molecule has 0 aliphatic carbocycles. The smallest absolute Gasteiger partial charge is 0.264 e. The summed E-state index contributed by atoms with van der Waals surface area (Å²) in [6.45, 7) is 0. The van der Waals surface area contributed by atoms with Crippen LogP contribution in [0.2, 0.25) is 0 Å². The highest BCUT2D eigenvalue weighted by molar-refractivity contribution is 7.92. The Morgan fingerprint density at radius 3 is 2.60 bits per heavy atom. The van der Waals surface area contributed by atoms with Crippen LogP contribution >= 0.6 is 0 Å². The monoisotopic (exact) mass is 291 g/mol. The molecule has 0 fully saturated rings. The highest BCUT2D eigenvalue weighted by Gasteiger charge is 2.19. The van der Waals surface area contributed by atoms with Crippen molar-refractivity contribution in [2.45, 2.75) is 4.90 Å². The van der Waals surface area contributed by atoms with Crippen LogP contribution in [0.1, 0.15) is 5.56 Å². The first-order valence-corrected chi connectivity index (χ1v) is 6.99. The number of sulfonamides is 1. The predicted octanol–water partition coefficient (Wildman–Crippen LogP) is 2.08. The zero-order chi connectivity index (χ0) is 14.8. The van der Waals surface area contributed by atoms with Gasteiger partial charge in [0.1, 0.15) is 10.7 Å². The van der Waals surface area contributed by atoms with E-state index < -0.39 is 21.5 Å². The van der Waals surface area contributed by atoms with Crippen LogP contribution in [-0.2, 0) is 10.0 Å². The van der Waals surface area contributed by atoms with Crippen LogP contribution in [0.15, 0.2) is 47.4 Å². The third kappa shape index (κ3) is 2.70. The predicted molar refractivity (Wildman–Crippen MR) is 72.8 cm³/mol. The number of hydrogen-bond donors (Lipinski definition) is 2. The Morgan fingerprint density at radius 1 is 1.20 bits per heavy atom. The number of hydrogen-bond acceptors (Lipinski definition) is 4. The van der Waals surface area contributed by atoms with Gasteiger partial charge in [0.2, 0.25) is 0 Å². The van der Waals surface area contributed by atoms with Gasteiger partial charge in [0, 0.05) is 0 Å². The summed E-state index contributed by atoms with van der Waals surface area (Å²) in [5.74, 6) is -0.807. The zero-order valence-electron chi connectivity index (χ0n) is 10.2. The molecular formula is C13H10FN3O2S. The quantitative estimate of drug-likeness (QED) is 0.846. The number of nitrogens with zero attached hydrogens (tertiary/aromatic N) is 1. The lowest BCUT2D eigenvalue weighted by molar-refractivity contribution is 0.597. The number of rotatable bonds is 3. The largest absolute Gasteiger partial charge is 0.395 e. The number of nitrogens with two attached hydrogens (primary N) is 1. The minimum absolute atomic E-state index is 0.202. The van der Waals surface area contributed by atoms with Gasteiger partial charge in [0.25, 0.3) is 10.0 Å². The Bertz CT molecular complexity index is 798. The molecule has 0 heterocycles. The van der Waals surface area contributed by atoms with Gasteiger partial charge >= 0.3 is 0 Å². The number of nitrogen functional groups attached to an aromatic ring is 1. The van der Waals surface area contributed by atoms with Gasteiger partial charge in [0.15, 0.2) is 0 Å². The number of benzene rings is 2. The Balaban J connectivity index is 2.41. The molecule has 0 aliphatic heterocycles. The first-order chi connectivity index (χ1) is 9.44. The lowest BCUT2D eigenvalue weighted by atomic mass is 10.2. The van der Waals surface area contributed by atoms with Gasteiger partial charge < -0.3 is 5.73 Å². The second-order valence-electron chi connectivity index (χ2n) is 3.95. The number of para-hydroxylation sites is 1. The molecule has 0 spiro atoms. The molecule has 5 nitrogen and oxygen atoms in total. The fraction of sp³-hybridized carbons (Fsp3) is 0. The number of nitrogens with one attached hydrogen (secondary N) is 1. The summed E-state index contributed by atoms with van der Waals surface area (Å²) >= 11 is 0. The lowest BCUT2D eigenvalue weighted by Crippen LogP contribution is -2.15. The number of anilines is 2. The molecule has 0 unspecified atom stereocenters. The van der Waals surface area contributed by atoms with E-state index in [0.717, 1.165) is 6.07 Å². The number of nitriles is 1. The summed E-state index contributed by atoms with van der Waals surface area (Å²) in [6.07, 6.45) is 0. The molecule has 0 bridgehead atoms. The molecule has 0 saturated carbocycles. The molecule has 0 saturated heterocycles. The summed E-state index contributed by atoms with van der Waals surface area (Å²) in [7, 11) is -4.02. The van der Waals surface area contributed by atoms with Crippen molar-refractivity contribution in [2.75, 3.05) is 10.5 Å². The second-order valence-corrected chi connectivity index (χ2v) is 5.60. The fourth-order valence-corrected chi connectivity index (χ4v) is 2.81. The van der Waals surface area contributed by atoms with Gasteiger partial charge in [-0.25, -0.2) is 12.8 Å². The molecule has 0 aliphatic rings. The standard InChI is InChI=1S/C13H10FN3O2S/c14-11-5-2-6-12(13(11)16)20(18,19)17-10-4-1-3-9(7-10)8-15/h1-7,17H,16H2. The van der Waals surface area contributed by atoms with Gasteiger partial charge in [-0.2, -0.15) is 5.26 Å². The summed E-state index contributed by atoms with van der Waals surface area (Å²) in [5.41, 5.74) is 5.49. The third-order valence-corrected chi connectivity index (χ3v) is 3.99. The van der Waals surface area contributed by atoms with Crippen LogP contribution in [-0.4, -0.2) is 8.42 Å². The highest BCUT2D eigenvalue weighted by atomic mass is 32.2. The molecule has 2 aromatic carbocycles. The molecule has 0 amide bonds. The van der Waals surface area contributed by atoms with Gasteiger partial charge in [-0.15, -0.1) is 0 Å². The van der Waals surface area contributed by atoms with Crippen molar-refractivity contribution in [3.8, 4) is 6.07 Å². The van der Waals surface area contributed by atoms with Crippen LogP contribution < -0.4 is 10.5 Å².